The number of aliphatic hydroxyl groups excluding tert-OH is 1. The van der Waals surface area contributed by atoms with E-state index in [-0.39, 0.29) is 18.5 Å². The highest BCUT2D eigenvalue weighted by molar-refractivity contribution is 8.06. The number of benzene rings is 3. The fourth-order valence-corrected chi connectivity index (χ4v) is 6.45. The van der Waals surface area contributed by atoms with Crippen LogP contribution in [-0.2, 0) is 37.9 Å². The average molecular weight is 621 g/mol. The van der Waals surface area contributed by atoms with Gasteiger partial charge in [0.2, 0.25) is 0 Å². The van der Waals surface area contributed by atoms with E-state index < -0.39 is 8.60 Å². The Morgan fingerprint density at radius 1 is 0.767 bits per heavy atom. The molecule has 2 bridgehead atoms. The van der Waals surface area contributed by atoms with Crippen molar-refractivity contribution in [1.82, 2.24) is 0 Å². The van der Waals surface area contributed by atoms with Crippen LogP contribution in [0.5, 0.6) is 0 Å². The predicted octanol–water partition coefficient (Wildman–Crippen LogP) is 8.83. The third-order valence-corrected chi connectivity index (χ3v) is 8.65. The molecular formula is C35H38FO5PS. The quantitative estimate of drug-likeness (QED) is 0.182. The molecule has 1 heterocycles. The van der Waals surface area contributed by atoms with Gasteiger partial charge in [-0.2, -0.15) is 0 Å². The zero-order chi connectivity index (χ0) is 30.1. The van der Waals surface area contributed by atoms with Gasteiger partial charge in [0.25, 0.3) is 0 Å². The molecule has 0 fully saturated rings. The van der Waals surface area contributed by atoms with Crippen molar-refractivity contribution in [2.45, 2.75) is 38.6 Å². The summed E-state index contributed by atoms with van der Waals surface area (Å²) < 4.78 is 38.9. The van der Waals surface area contributed by atoms with Gasteiger partial charge in [0.1, 0.15) is 5.82 Å². The zero-order valence-corrected chi connectivity index (χ0v) is 26.0. The van der Waals surface area contributed by atoms with E-state index in [1.54, 1.807) is 23.9 Å². The van der Waals surface area contributed by atoms with Crippen molar-refractivity contribution in [3.8, 4) is 0 Å². The summed E-state index contributed by atoms with van der Waals surface area (Å²) in [6.07, 6.45) is 13.0. The largest absolute Gasteiger partial charge is 0.400 e. The van der Waals surface area contributed by atoms with Gasteiger partial charge in [-0.15, -0.1) is 0 Å². The van der Waals surface area contributed by atoms with Gasteiger partial charge >= 0.3 is 8.60 Å². The van der Waals surface area contributed by atoms with E-state index in [1.165, 1.54) is 16.5 Å². The lowest BCUT2D eigenvalue weighted by molar-refractivity contribution is 0.0248. The maximum atomic E-state index is 14.0. The van der Waals surface area contributed by atoms with Crippen molar-refractivity contribution in [3.05, 3.63) is 153 Å². The van der Waals surface area contributed by atoms with E-state index in [9.17, 15) is 4.39 Å². The molecule has 1 N–H and O–H groups in total. The molecule has 1 unspecified atom stereocenters. The fraction of sp³-hybridized carbons (Fsp3) is 0.257. The minimum Gasteiger partial charge on any atom is -0.400 e. The summed E-state index contributed by atoms with van der Waals surface area (Å²) in [4.78, 5) is 2.47. The first-order chi connectivity index (χ1) is 21.2. The van der Waals surface area contributed by atoms with Crippen LogP contribution in [0.15, 0.2) is 131 Å². The van der Waals surface area contributed by atoms with Gasteiger partial charge in [0.05, 0.1) is 32.5 Å². The molecular weight excluding hydrogens is 582 g/mol. The molecule has 0 amide bonds. The van der Waals surface area contributed by atoms with Gasteiger partial charge in [-0.3, -0.25) is 0 Å². The Labute approximate surface area is 259 Å². The molecule has 8 heteroatoms. The number of aliphatic hydroxyl groups is 1. The van der Waals surface area contributed by atoms with Crippen molar-refractivity contribution in [3.63, 3.8) is 0 Å². The van der Waals surface area contributed by atoms with E-state index >= 15 is 0 Å². The van der Waals surface area contributed by atoms with Gasteiger partial charge in [0.15, 0.2) is 0 Å². The highest BCUT2D eigenvalue weighted by Crippen LogP contribution is 2.42. The standard InChI is InChI=1S/C34H34FO4PS.CH4O/c35-31-16-9-15-30(20-31)21-32(36-26-34-22-27-10-7-8-17-33(41-34)19-18-27)25-39-40(37-23-28-11-3-1-4-12-28)38-24-29-13-5-2-6-14-29;1-2/h1-17,20,22,32H,18-19,21,23-26H2;2H,1H3. The lowest BCUT2D eigenvalue weighted by Gasteiger charge is -2.22. The van der Waals surface area contributed by atoms with E-state index in [0.717, 1.165) is 41.5 Å². The zero-order valence-electron chi connectivity index (χ0n) is 24.3. The fourth-order valence-electron chi connectivity index (χ4n) is 4.41. The first kappa shape index (κ1) is 33.0. The van der Waals surface area contributed by atoms with E-state index in [2.05, 4.69) is 30.4 Å². The van der Waals surface area contributed by atoms with Gasteiger partial charge in [-0.05, 0) is 58.2 Å². The normalized spacial score (nSPS) is 14.9. The monoisotopic (exact) mass is 620 g/mol. The molecule has 0 spiro atoms. The molecule has 2 aliphatic rings. The number of hydrogen-bond donors (Lipinski definition) is 1. The second kappa shape index (κ2) is 18.7. The Kier molecular flexibility index (Phi) is 14.4. The second-order valence-corrected chi connectivity index (χ2v) is 12.3. The summed E-state index contributed by atoms with van der Waals surface area (Å²) in [5.41, 5.74) is 4.22. The Bertz CT molecular complexity index is 1330. The summed E-state index contributed by atoms with van der Waals surface area (Å²) in [6.45, 7) is 1.43. The number of allylic oxidation sites excluding steroid dienone is 7. The molecule has 0 saturated carbocycles. The number of hydrogen-bond acceptors (Lipinski definition) is 6. The lowest BCUT2D eigenvalue weighted by atomic mass is 10.1. The Hall–Kier alpha value is -2.87. The minimum absolute atomic E-state index is 0.247. The maximum Gasteiger partial charge on any atom is 0.333 e. The first-order valence-electron chi connectivity index (χ1n) is 14.2. The van der Waals surface area contributed by atoms with Crippen LogP contribution >= 0.6 is 20.4 Å². The van der Waals surface area contributed by atoms with Crippen LogP contribution in [0.1, 0.15) is 29.5 Å². The molecule has 3 aromatic carbocycles. The molecule has 5 rings (SSSR count). The lowest BCUT2D eigenvalue weighted by Crippen LogP contribution is -2.23. The molecule has 5 nitrogen and oxygen atoms in total. The van der Waals surface area contributed by atoms with Crippen LogP contribution in [0.25, 0.3) is 0 Å². The number of fused-ring (bicyclic) bond motifs is 3. The van der Waals surface area contributed by atoms with Crippen LogP contribution < -0.4 is 0 Å². The van der Waals surface area contributed by atoms with Crippen LogP contribution in [0.2, 0.25) is 0 Å². The SMILES string of the molecule is CO.Fc1cccc(CC(COP(OCc2ccccc2)OCc2ccccc2)OCC2=CC3=CC=CC=C(CC3)S2)c1. The number of ether oxygens (including phenoxy) is 1. The van der Waals surface area contributed by atoms with Crippen LogP contribution in [0, 0.1) is 5.82 Å². The maximum absolute atomic E-state index is 14.0. The highest BCUT2D eigenvalue weighted by Gasteiger charge is 2.20. The molecule has 1 aliphatic carbocycles. The second-order valence-electron chi connectivity index (χ2n) is 9.78. The van der Waals surface area contributed by atoms with Crippen LogP contribution in [0.3, 0.4) is 0 Å². The van der Waals surface area contributed by atoms with Crippen molar-refractivity contribution in [2.75, 3.05) is 20.3 Å². The van der Waals surface area contributed by atoms with E-state index in [0.29, 0.717) is 26.2 Å². The molecule has 0 saturated heterocycles. The molecule has 43 heavy (non-hydrogen) atoms. The summed E-state index contributed by atoms with van der Waals surface area (Å²) >= 11 is 1.77. The summed E-state index contributed by atoms with van der Waals surface area (Å²) in [5.74, 6) is -0.265. The molecule has 0 aromatic heterocycles. The Morgan fingerprint density at radius 3 is 2.09 bits per heavy atom. The van der Waals surface area contributed by atoms with Crippen molar-refractivity contribution >= 4 is 20.4 Å². The van der Waals surface area contributed by atoms with E-state index in [4.69, 9.17) is 23.4 Å². The molecule has 226 valence electrons. The molecule has 1 atom stereocenters. The number of rotatable bonds is 14. The summed E-state index contributed by atoms with van der Waals surface area (Å²) in [6, 6.07) is 26.6. The number of thioether (sulfide) groups is 1. The topological polar surface area (TPSA) is 57.2 Å². The Balaban J connectivity index is 0.00000207. The van der Waals surface area contributed by atoms with Crippen molar-refractivity contribution < 1.29 is 27.8 Å². The Morgan fingerprint density at radius 2 is 1.42 bits per heavy atom. The van der Waals surface area contributed by atoms with Gasteiger partial charge in [0, 0.05) is 18.4 Å². The first-order valence-corrected chi connectivity index (χ1v) is 16.1. The molecule has 0 radical (unpaired) electrons. The van der Waals surface area contributed by atoms with Crippen LogP contribution in [0.4, 0.5) is 4.39 Å². The average Bonchev–Trinajstić information content (AvgIpc) is 3.17. The van der Waals surface area contributed by atoms with E-state index in [1.807, 2.05) is 66.7 Å². The summed E-state index contributed by atoms with van der Waals surface area (Å²) in [5, 5.41) is 7.00. The van der Waals surface area contributed by atoms with Gasteiger partial charge < -0.3 is 23.4 Å². The van der Waals surface area contributed by atoms with Crippen molar-refractivity contribution in [2.24, 2.45) is 0 Å². The van der Waals surface area contributed by atoms with Crippen LogP contribution in [-0.4, -0.2) is 31.5 Å². The predicted molar refractivity (Wildman–Crippen MR) is 174 cm³/mol. The van der Waals surface area contributed by atoms with Gasteiger partial charge in [-0.1, -0.05) is 109 Å². The molecule has 1 aliphatic heterocycles. The van der Waals surface area contributed by atoms with Crippen molar-refractivity contribution in [1.29, 1.82) is 0 Å². The minimum atomic E-state index is -1.66. The molecule has 3 aromatic rings. The third-order valence-electron chi connectivity index (χ3n) is 6.51. The van der Waals surface area contributed by atoms with Gasteiger partial charge in [-0.25, -0.2) is 4.39 Å². The smallest absolute Gasteiger partial charge is 0.333 e. The summed E-state index contributed by atoms with van der Waals surface area (Å²) in [7, 11) is -0.663. The highest BCUT2D eigenvalue weighted by atomic mass is 32.2. The number of halogens is 1. The third kappa shape index (κ3) is 12.0.